The van der Waals surface area contributed by atoms with Crippen molar-refractivity contribution in [3.8, 4) is 11.3 Å². The first kappa shape index (κ1) is 19.1. The van der Waals surface area contributed by atoms with Crippen molar-refractivity contribution < 1.29 is 0 Å². The van der Waals surface area contributed by atoms with Gasteiger partial charge in [-0.3, -0.25) is 4.98 Å². The molecule has 3 nitrogen and oxygen atoms in total. The van der Waals surface area contributed by atoms with Gasteiger partial charge in [0.1, 0.15) is 0 Å². The topological polar surface area (TPSA) is 44.5 Å². The quantitative estimate of drug-likeness (QED) is 0.274. The largest absolute Gasteiger partial charge is 0.354 e. The van der Waals surface area contributed by atoms with Crippen molar-refractivity contribution in [1.29, 1.82) is 0 Å². The number of aryl methyl sites for hydroxylation is 2. The summed E-state index contributed by atoms with van der Waals surface area (Å²) in [4.78, 5) is 12.6. The molecule has 0 amide bonds. The number of nitrogens with one attached hydrogen (secondary N) is 2. The third kappa shape index (κ3) is 2.85. The maximum atomic E-state index is 4.97. The normalized spacial score (nSPS) is 11.9. The summed E-state index contributed by atoms with van der Waals surface area (Å²) in [5.41, 5.74) is 9.52. The highest BCUT2D eigenvalue weighted by Gasteiger charge is 2.22. The van der Waals surface area contributed by atoms with Crippen molar-refractivity contribution >= 4 is 43.6 Å². The molecule has 6 aromatic rings. The van der Waals surface area contributed by atoms with Crippen molar-refractivity contribution in [3.63, 3.8) is 0 Å². The van der Waals surface area contributed by atoms with Gasteiger partial charge in [-0.1, -0.05) is 62.2 Å². The van der Waals surface area contributed by atoms with Crippen molar-refractivity contribution in [2.75, 3.05) is 0 Å². The van der Waals surface area contributed by atoms with Gasteiger partial charge in [0.05, 0.1) is 16.7 Å². The Morgan fingerprint density at radius 3 is 2.12 bits per heavy atom. The first-order valence-electron chi connectivity index (χ1n) is 11.7. The molecule has 3 heterocycles. The van der Waals surface area contributed by atoms with Gasteiger partial charge in [-0.05, 0) is 49.6 Å². The minimum atomic E-state index is 1.02. The van der Waals surface area contributed by atoms with Crippen LogP contribution in [0.15, 0.2) is 66.7 Å². The van der Waals surface area contributed by atoms with E-state index in [9.17, 15) is 0 Å². The summed E-state index contributed by atoms with van der Waals surface area (Å²) in [7, 11) is 0. The molecule has 32 heavy (non-hydrogen) atoms. The summed E-state index contributed by atoms with van der Waals surface area (Å²) in [6.07, 6.45) is 4.72. The van der Waals surface area contributed by atoms with Gasteiger partial charge in [-0.15, -0.1) is 0 Å². The summed E-state index contributed by atoms with van der Waals surface area (Å²) in [6, 6.07) is 23.7. The molecule has 3 aromatic heterocycles. The van der Waals surface area contributed by atoms with Crippen molar-refractivity contribution in [2.45, 2.75) is 39.5 Å². The van der Waals surface area contributed by atoms with Gasteiger partial charge < -0.3 is 9.97 Å². The molecular weight excluding hydrogens is 390 g/mol. The molecular formula is C29H27N3. The van der Waals surface area contributed by atoms with Crippen LogP contribution in [0.5, 0.6) is 0 Å². The zero-order valence-corrected chi connectivity index (χ0v) is 18.6. The standard InChI is InChI=1S/C29H27N3/c1-3-4-5-14-21-25-19-12-6-8-15-22(19)32-29(25)27(24-17-10-11-18(2)30-24)26-20-13-7-9-16-23(20)31-28(21)26/h6-13,15-17,31-32H,3-5,14H2,1-2H3. The molecule has 158 valence electrons. The number of rotatable bonds is 5. The number of para-hydroxylation sites is 2. The number of H-pyrrole nitrogens is 2. The third-order valence-corrected chi connectivity index (χ3v) is 6.69. The summed E-state index contributed by atoms with van der Waals surface area (Å²) in [5.74, 6) is 0. The van der Waals surface area contributed by atoms with E-state index < -0.39 is 0 Å². The van der Waals surface area contributed by atoms with E-state index in [-0.39, 0.29) is 0 Å². The zero-order chi connectivity index (χ0) is 21.7. The number of hydrogen-bond donors (Lipinski definition) is 2. The Balaban J connectivity index is 1.85. The Labute approximate surface area is 187 Å². The van der Waals surface area contributed by atoms with E-state index >= 15 is 0 Å². The molecule has 0 saturated heterocycles. The highest BCUT2D eigenvalue weighted by atomic mass is 14.8. The third-order valence-electron chi connectivity index (χ3n) is 6.69. The van der Waals surface area contributed by atoms with Crippen LogP contribution in [0.3, 0.4) is 0 Å². The van der Waals surface area contributed by atoms with E-state index in [1.807, 2.05) is 0 Å². The Morgan fingerprint density at radius 2 is 1.41 bits per heavy atom. The molecule has 0 bridgehead atoms. The predicted molar refractivity (Wildman–Crippen MR) is 136 cm³/mol. The minimum absolute atomic E-state index is 1.02. The van der Waals surface area contributed by atoms with Crippen LogP contribution in [-0.2, 0) is 6.42 Å². The molecule has 0 fully saturated rings. The second-order valence-electron chi connectivity index (χ2n) is 8.82. The number of nitrogens with zero attached hydrogens (tertiary/aromatic N) is 1. The fourth-order valence-electron chi connectivity index (χ4n) is 5.26. The van der Waals surface area contributed by atoms with Crippen LogP contribution in [0, 0.1) is 6.92 Å². The lowest BCUT2D eigenvalue weighted by atomic mass is 9.92. The lowest BCUT2D eigenvalue weighted by Gasteiger charge is -2.13. The van der Waals surface area contributed by atoms with Crippen LogP contribution in [0.25, 0.3) is 54.9 Å². The lowest BCUT2D eigenvalue weighted by molar-refractivity contribution is 0.721. The Morgan fingerprint density at radius 1 is 0.719 bits per heavy atom. The lowest BCUT2D eigenvalue weighted by Crippen LogP contribution is -1.94. The molecule has 3 heteroatoms. The fraction of sp³-hybridized carbons (Fsp3) is 0.207. The smallest absolute Gasteiger partial charge is 0.0733 e. The van der Waals surface area contributed by atoms with Gasteiger partial charge >= 0.3 is 0 Å². The molecule has 0 saturated carbocycles. The van der Waals surface area contributed by atoms with Gasteiger partial charge in [0.2, 0.25) is 0 Å². The number of unbranched alkanes of at least 4 members (excludes halogenated alkanes) is 2. The molecule has 2 N–H and O–H groups in total. The van der Waals surface area contributed by atoms with E-state index in [1.54, 1.807) is 0 Å². The molecule has 0 aliphatic heterocycles. The average Bonchev–Trinajstić information content (AvgIpc) is 3.38. The van der Waals surface area contributed by atoms with Crippen molar-refractivity contribution in [2.24, 2.45) is 0 Å². The van der Waals surface area contributed by atoms with E-state index in [1.165, 1.54) is 74.0 Å². The fourth-order valence-corrected chi connectivity index (χ4v) is 5.26. The number of aromatic amines is 2. The summed E-state index contributed by atoms with van der Waals surface area (Å²) >= 11 is 0. The highest BCUT2D eigenvalue weighted by Crippen LogP contribution is 2.44. The molecule has 0 aliphatic carbocycles. The van der Waals surface area contributed by atoms with Crippen LogP contribution >= 0.6 is 0 Å². The summed E-state index contributed by atoms with van der Waals surface area (Å²) in [5, 5.41) is 5.18. The predicted octanol–water partition coefficient (Wildman–Crippen LogP) is 8.06. The number of fused-ring (bicyclic) bond motifs is 6. The van der Waals surface area contributed by atoms with Crippen LogP contribution in [0.4, 0.5) is 0 Å². The number of benzene rings is 3. The highest BCUT2D eigenvalue weighted by molar-refractivity contribution is 6.26. The summed E-state index contributed by atoms with van der Waals surface area (Å²) < 4.78 is 0. The average molecular weight is 418 g/mol. The second kappa shape index (κ2) is 7.52. The van der Waals surface area contributed by atoms with Crippen LogP contribution in [0.1, 0.15) is 37.4 Å². The summed E-state index contributed by atoms with van der Waals surface area (Å²) in [6.45, 7) is 4.34. The Bertz CT molecular complexity index is 1590. The number of pyridine rings is 1. The molecule has 0 radical (unpaired) electrons. The molecule has 6 rings (SSSR count). The number of hydrogen-bond acceptors (Lipinski definition) is 1. The van der Waals surface area contributed by atoms with E-state index in [4.69, 9.17) is 4.98 Å². The first-order chi connectivity index (χ1) is 15.8. The Hall–Kier alpha value is -3.59. The second-order valence-corrected chi connectivity index (χ2v) is 8.82. The zero-order valence-electron chi connectivity index (χ0n) is 18.6. The van der Waals surface area contributed by atoms with E-state index in [0.29, 0.717) is 0 Å². The van der Waals surface area contributed by atoms with Crippen LogP contribution in [0.2, 0.25) is 0 Å². The molecule has 0 aliphatic rings. The molecule has 0 atom stereocenters. The molecule has 0 spiro atoms. The van der Waals surface area contributed by atoms with Crippen molar-refractivity contribution in [1.82, 2.24) is 15.0 Å². The number of aromatic nitrogens is 3. The monoisotopic (exact) mass is 417 g/mol. The SMILES string of the molecule is CCCCCc1c2[nH]c3ccccc3c2c(-c2cccc(C)n2)c2[nH]c3ccccc3c12. The molecule has 0 unspecified atom stereocenters. The maximum absolute atomic E-state index is 4.97. The van der Waals surface area contributed by atoms with Gasteiger partial charge in [0.25, 0.3) is 0 Å². The van der Waals surface area contributed by atoms with Gasteiger partial charge in [-0.25, -0.2) is 0 Å². The van der Waals surface area contributed by atoms with Gasteiger partial charge in [0, 0.05) is 43.8 Å². The van der Waals surface area contributed by atoms with E-state index in [0.717, 1.165) is 17.8 Å². The van der Waals surface area contributed by atoms with E-state index in [2.05, 4.69) is 90.5 Å². The van der Waals surface area contributed by atoms with Crippen LogP contribution < -0.4 is 0 Å². The minimum Gasteiger partial charge on any atom is -0.354 e. The van der Waals surface area contributed by atoms with Gasteiger partial charge in [-0.2, -0.15) is 0 Å². The first-order valence-corrected chi connectivity index (χ1v) is 11.7. The Kier molecular flexibility index (Phi) is 4.50. The van der Waals surface area contributed by atoms with Gasteiger partial charge in [0.15, 0.2) is 0 Å². The van der Waals surface area contributed by atoms with Crippen LogP contribution in [-0.4, -0.2) is 15.0 Å². The van der Waals surface area contributed by atoms with Crippen molar-refractivity contribution in [3.05, 3.63) is 78.0 Å². The molecule has 3 aromatic carbocycles. The maximum Gasteiger partial charge on any atom is 0.0733 e.